The van der Waals surface area contributed by atoms with E-state index in [1.807, 2.05) is 0 Å². The van der Waals surface area contributed by atoms with Gasteiger partial charge in [0.1, 0.15) is 11.3 Å². The van der Waals surface area contributed by atoms with Crippen LogP contribution in [0.5, 0.6) is 0 Å². The molecule has 0 amide bonds. The number of fused-ring (bicyclic) bond motifs is 1. The predicted molar refractivity (Wildman–Crippen MR) is 43.7 cm³/mol. The molecule has 1 aromatic heterocycles. The van der Waals surface area contributed by atoms with Crippen LogP contribution < -0.4 is 0 Å². The molecule has 15 heavy (non-hydrogen) atoms. The van der Waals surface area contributed by atoms with E-state index in [4.69, 9.17) is 4.42 Å². The normalized spacial score (nSPS) is 12.3. The van der Waals surface area contributed by atoms with E-state index in [1.54, 1.807) is 0 Å². The Kier molecular flexibility index (Phi) is 1.95. The summed E-state index contributed by atoms with van der Waals surface area (Å²) in [7, 11) is 0. The fraction of sp³-hybridized carbons (Fsp3) is 0.222. The van der Waals surface area contributed by atoms with E-state index in [0.717, 1.165) is 0 Å². The minimum absolute atomic E-state index is 0.00113. The van der Waals surface area contributed by atoms with Crippen LogP contribution in [-0.4, -0.2) is 4.98 Å². The van der Waals surface area contributed by atoms with Gasteiger partial charge in [0.2, 0.25) is 0 Å². The molecule has 0 unspecified atom stereocenters. The number of oxazole rings is 1. The van der Waals surface area contributed by atoms with Crippen molar-refractivity contribution in [1.82, 2.24) is 4.98 Å². The molecular weight excluding hydrogens is 214 g/mol. The van der Waals surface area contributed by atoms with Crippen molar-refractivity contribution in [2.24, 2.45) is 0 Å². The number of hydrogen-bond acceptors (Lipinski definition) is 2. The second-order valence-electron chi connectivity index (χ2n) is 3.03. The fourth-order valence-electron chi connectivity index (χ4n) is 1.28. The van der Waals surface area contributed by atoms with Crippen molar-refractivity contribution in [3.63, 3.8) is 0 Å². The highest BCUT2D eigenvalue weighted by Gasteiger charge is 2.34. The number of nitrogens with zero attached hydrogens (tertiary/aromatic N) is 1. The molecule has 0 aliphatic heterocycles. The molecule has 0 saturated carbocycles. The Morgan fingerprint density at radius 2 is 1.93 bits per heavy atom. The summed E-state index contributed by atoms with van der Waals surface area (Å²) >= 11 is 0. The van der Waals surface area contributed by atoms with Crippen LogP contribution in [0.15, 0.2) is 16.5 Å². The van der Waals surface area contributed by atoms with Crippen molar-refractivity contribution < 1.29 is 22.0 Å². The first-order valence-electron chi connectivity index (χ1n) is 4.02. The number of aromatic nitrogens is 1. The van der Waals surface area contributed by atoms with E-state index in [0.29, 0.717) is 12.1 Å². The fourth-order valence-corrected chi connectivity index (χ4v) is 1.28. The number of halogens is 4. The molecule has 0 atom stereocenters. The molecule has 6 heteroatoms. The van der Waals surface area contributed by atoms with Gasteiger partial charge >= 0.3 is 6.18 Å². The van der Waals surface area contributed by atoms with Crippen LogP contribution in [-0.2, 0) is 6.18 Å². The smallest absolute Gasteiger partial charge is 0.419 e. The quantitative estimate of drug-likeness (QED) is 0.635. The summed E-state index contributed by atoms with van der Waals surface area (Å²) in [6, 6.07) is 1.33. The number of hydrogen-bond donors (Lipinski definition) is 0. The van der Waals surface area contributed by atoms with Gasteiger partial charge in [0.15, 0.2) is 11.5 Å². The summed E-state index contributed by atoms with van der Waals surface area (Å²) in [5.41, 5.74) is -1.32. The third-order valence-corrected chi connectivity index (χ3v) is 1.89. The average molecular weight is 219 g/mol. The van der Waals surface area contributed by atoms with Crippen LogP contribution in [0.4, 0.5) is 17.6 Å². The maximum atomic E-state index is 13.0. The van der Waals surface area contributed by atoms with Crippen molar-refractivity contribution in [3.8, 4) is 0 Å². The van der Waals surface area contributed by atoms with Gasteiger partial charge in [-0.3, -0.25) is 0 Å². The van der Waals surface area contributed by atoms with Gasteiger partial charge in [-0.1, -0.05) is 0 Å². The van der Waals surface area contributed by atoms with Gasteiger partial charge in [-0.15, -0.1) is 0 Å². The average Bonchev–Trinajstić information content (AvgIpc) is 2.40. The topological polar surface area (TPSA) is 26.0 Å². The van der Waals surface area contributed by atoms with Gasteiger partial charge < -0.3 is 4.42 Å². The zero-order chi connectivity index (χ0) is 11.2. The maximum Gasteiger partial charge on any atom is 0.419 e. The first-order valence-corrected chi connectivity index (χ1v) is 4.02. The molecule has 0 aliphatic rings. The van der Waals surface area contributed by atoms with Crippen LogP contribution in [0.3, 0.4) is 0 Å². The third-order valence-electron chi connectivity index (χ3n) is 1.89. The van der Waals surface area contributed by atoms with Crippen LogP contribution in [0.1, 0.15) is 11.5 Å². The third kappa shape index (κ3) is 1.67. The minimum atomic E-state index is -4.72. The van der Waals surface area contributed by atoms with Gasteiger partial charge in [-0.05, 0) is 6.07 Å². The van der Waals surface area contributed by atoms with Crippen LogP contribution in [0, 0.1) is 12.7 Å². The molecule has 0 aliphatic carbocycles. The highest BCUT2D eigenvalue weighted by atomic mass is 19.4. The Labute approximate surface area is 81.5 Å². The van der Waals surface area contributed by atoms with Crippen molar-refractivity contribution in [1.29, 1.82) is 0 Å². The zero-order valence-electron chi connectivity index (χ0n) is 7.52. The Morgan fingerprint density at radius 3 is 2.53 bits per heavy atom. The second kappa shape index (κ2) is 2.95. The first-order chi connectivity index (χ1) is 6.88. The SMILES string of the molecule is Cc1nc2cc(C(F)(F)F)c(F)cc2o1. The van der Waals surface area contributed by atoms with Gasteiger partial charge in [0.05, 0.1) is 5.56 Å². The van der Waals surface area contributed by atoms with E-state index < -0.39 is 17.6 Å². The number of rotatable bonds is 0. The van der Waals surface area contributed by atoms with Gasteiger partial charge in [0.25, 0.3) is 0 Å². The summed E-state index contributed by atoms with van der Waals surface area (Å²) < 4.78 is 54.8. The molecular formula is C9H5F4NO. The molecule has 0 radical (unpaired) electrons. The lowest BCUT2D eigenvalue weighted by atomic mass is 10.2. The molecule has 80 valence electrons. The highest BCUT2D eigenvalue weighted by molar-refractivity contribution is 5.73. The lowest BCUT2D eigenvalue weighted by molar-refractivity contribution is -0.139. The molecule has 0 spiro atoms. The van der Waals surface area contributed by atoms with E-state index in [2.05, 4.69) is 4.98 Å². The second-order valence-corrected chi connectivity index (χ2v) is 3.03. The molecule has 1 aromatic carbocycles. The predicted octanol–water partition coefficient (Wildman–Crippen LogP) is 3.29. The minimum Gasteiger partial charge on any atom is -0.441 e. The monoisotopic (exact) mass is 219 g/mol. The summed E-state index contributed by atoms with van der Waals surface area (Å²) in [6.07, 6.45) is -4.72. The molecule has 2 rings (SSSR count). The largest absolute Gasteiger partial charge is 0.441 e. The Balaban J connectivity index is 2.72. The van der Waals surface area contributed by atoms with E-state index in [-0.39, 0.29) is 17.0 Å². The van der Waals surface area contributed by atoms with Crippen LogP contribution in [0.25, 0.3) is 11.1 Å². The van der Waals surface area contributed by atoms with Gasteiger partial charge in [0, 0.05) is 13.0 Å². The molecule has 1 heterocycles. The summed E-state index contributed by atoms with van der Waals surface area (Å²) in [6.45, 7) is 1.48. The molecule has 2 nitrogen and oxygen atoms in total. The van der Waals surface area contributed by atoms with Crippen LogP contribution in [0.2, 0.25) is 0 Å². The van der Waals surface area contributed by atoms with Crippen LogP contribution >= 0.6 is 0 Å². The molecule has 0 saturated heterocycles. The van der Waals surface area contributed by atoms with Crippen molar-refractivity contribution >= 4 is 11.1 Å². The summed E-state index contributed by atoms with van der Waals surface area (Å²) in [5, 5.41) is 0. The van der Waals surface area contributed by atoms with Crippen molar-refractivity contribution in [3.05, 3.63) is 29.4 Å². The number of aryl methyl sites for hydroxylation is 1. The lowest BCUT2D eigenvalue weighted by Crippen LogP contribution is -2.07. The van der Waals surface area contributed by atoms with E-state index in [9.17, 15) is 17.6 Å². The van der Waals surface area contributed by atoms with Gasteiger partial charge in [-0.25, -0.2) is 9.37 Å². The number of benzene rings is 1. The Hall–Kier alpha value is -1.59. The summed E-state index contributed by atoms with van der Waals surface area (Å²) in [4.78, 5) is 3.70. The Morgan fingerprint density at radius 1 is 1.27 bits per heavy atom. The lowest BCUT2D eigenvalue weighted by Gasteiger charge is -2.06. The highest BCUT2D eigenvalue weighted by Crippen LogP contribution is 2.33. The molecule has 0 N–H and O–H groups in total. The standard InChI is InChI=1S/C9H5F4NO/c1-4-14-7-2-5(9(11,12)13)6(10)3-8(7)15-4/h2-3H,1H3. The zero-order valence-corrected chi connectivity index (χ0v) is 7.52. The van der Waals surface area contributed by atoms with Crippen molar-refractivity contribution in [2.45, 2.75) is 13.1 Å². The van der Waals surface area contributed by atoms with Crippen molar-refractivity contribution in [2.75, 3.05) is 0 Å². The van der Waals surface area contributed by atoms with E-state index >= 15 is 0 Å². The molecule has 0 bridgehead atoms. The maximum absolute atomic E-state index is 13.0. The number of alkyl halides is 3. The Bertz CT molecular complexity index is 515. The first kappa shape index (κ1) is 9.95. The molecule has 2 aromatic rings. The van der Waals surface area contributed by atoms with Gasteiger partial charge in [-0.2, -0.15) is 13.2 Å². The molecule has 0 fully saturated rings. The van der Waals surface area contributed by atoms with E-state index in [1.165, 1.54) is 6.92 Å². The summed E-state index contributed by atoms with van der Waals surface area (Å²) in [5.74, 6) is -1.16.